The van der Waals surface area contributed by atoms with E-state index >= 15 is 0 Å². The van der Waals surface area contributed by atoms with Crippen molar-refractivity contribution in [2.75, 3.05) is 18.1 Å². The van der Waals surface area contributed by atoms with Crippen LogP contribution in [-0.4, -0.2) is 30.0 Å². The minimum absolute atomic E-state index is 0.0450. The molecule has 0 saturated heterocycles. The highest BCUT2D eigenvalue weighted by atomic mass is 16.6. The van der Waals surface area contributed by atoms with E-state index in [1.54, 1.807) is 4.90 Å². The number of ether oxygens (including phenoxy) is 1. The van der Waals surface area contributed by atoms with Crippen molar-refractivity contribution in [3.63, 3.8) is 0 Å². The molecule has 118 valence electrons. The third-order valence-corrected chi connectivity index (χ3v) is 3.03. The molecule has 0 fully saturated rings. The molecular weight excluding hydrogens is 266 g/mol. The van der Waals surface area contributed by atoms with Crippen LogP contribution in [0.3, 0.4) is 0 Å². The maximum Gasteiger partial charge on any atom is 0.414 e. The van der Waals surface area contributed by atoms with Crippen molar-refractivity contribution in [1.29, 1.82) is 0 Å². The Morgan fingerprint density at radius 1 is 1.24 bits per heavy atom. The second-order valence-electron chi connectivity index (χ2n) is 6.46. The number of nitrogens with zero attached hydrogens (tertiary/aromatic N) is 1. The third-order valence-electron chi connectivity index (χ3n) is 3.03. The first-order chi connectivity index (χ1) is 9.74. The highest BCUT2D eigenvalue weighted by molar-refractivity contribution is 5.87. The largest absolute Gasteiger partial charge is 0.443 e. The summed E-state index contributed by atoms with van der Waals surface area (Å²) >= 11 is 0. The molecule has 0 saturated carbocycles. The summed E-state index contributed by atoms with van der Waals surface area (Å²) in [4.78, 5) is 13.9. The smallest absolute Gasteiger partial charge is 0.414 e. The van der Waals surface area contributed by atoms with Crippen molar-refractivity contribution in [2.45, 2.75) is 52.6 Å². The highest BCUT2D eigenvalue weighted by Gasteiger charge is 2.23. The van der Waals surface area contributed by atoms with Gasteiger partial charge in [0.25, 0.3) is 0 Å². The van der Waals surface area contributed by atoms with Gasteiger partial charge in [-0.05, 0) is 50.8 Å². The maximum atomic E-state index is 12.3. The lowest BCUT2D eigenvalue weighted by molar-refractivity contribution is 0.0578. The lowest BCUT2D eigenvalue weighted by Gasteiger charge is -2.27. The third kappa shape index (κ3) is 5.76. The molecule has 0 aliphatic heterocycles. The molecule has 0 bridgehead atoms. The Morgan fingerprint density at radius 2 is 1.81 bits per heavy atom. The van der Waals surface area contributed by atoms with Gasteiger partial charge < -0.3 is 9.84 Å². The van der Waals surface area contributed by atoms with Crippen molar-refractivity contribution in [1.82, 2.24) is 0 Å². The zero-order valence-electron chi connectivity index (χ0n) is 13.7. The molecule has 0 radical (unpaired) electrons. The van der Waals surface area contributed by atoms with Gasteiger partial charge >= 0.3 is 6.09 Å². The lowest BCUT2D eigenvalue weighted by Crippen LogP contribution is -2.37. The number of aliphatic hydroxyl groups excluding tert-OH is 1. The average molecular weight is 293 g/mol. The Morgan fingerprint density at radius 3 is 2.24 bits per heavy atom. The van der Waals surface area contributed by atoms with Crippen molar-refractivity contribution in [3.05, 3.63) is 29.8 Å². The number of amides is 1. The monoisotopic (exact) mass is 293 g/mol. The number of hydrogen-bond acceptors (Lipinski definition) is 3. The lowest BCUT2D eigenvalue weighted by atomic mass is 10.0. The van der Waals surface area contributed by atoms with Crippen LogP contribution >= 0.6 is 0 Å². The van der Waals surface area contributed by atoms with E-state index in [1.165, 1.54) is 5.56 Å². The van der Waals surface area contributed by atoms with Crippen LogP contribution in [0.15, 0.2) is 24.3 Å². The molecule has 21 heavy (non-hydrogen) atoms. The quantitative estimate of drug-likeness (QED) is 0.894. The van der Waals surface area contributed by atoms with Gasteiger partial charge in [-0.2, -0.15) is 0 Å². The summed E-state index contributed by atoms with van der Waals surface area (Å²) in [5.74, 6) is 0.450. The molecule has 0 heterocycles. The first-order valence-electron chi connectivity index (χ1n) is 7.46. The molecular formula is C17H27NO3. The van der Waals surface area contributed by atoms with E-state index in [0.717, 1.165) is 5.69 Å². The number of benzene rings is 1. The van der Waals surface area contributed by atoms with Gasteiger partial charge in [0.1, 0.15) is 5.60 Å². The van der Waals surface area contributed by atoms with Crippen LogP contribution in [0.4, 0.5) is 10.5 Å². The number of anilines is 1. The van der Waals surface area contributed by atoms with Crippen LogP contribution in [0.5, 0.6) is 0 Å². The molecule has 1 aromatic carbocycles. The summed E-state index contributed by atoms with van der Waals surface area (Å²) < 4.78 is 5.43. The summed E-state index contributed by atoms with van der Waals surface area (Å²) in [6.07, 6.45) is 0.138. The minimum Gasteiger partial charge on any atom is -0.443 e. The normalized spacial score (nSPS) is 11.6. The SMILES string of the molecule is CC(C)c1ccc(N(CCCO)C(=O)OC(C)(C)C)cc1. The fraction of sp³-hybridized carbons (Fsp3) is 0.588. The summed E-state index contributed by atoms with van der Waals surface area (Å²) in [6, 6.07) is 7.90. The van der Waals surface area contributed by atoms with Crippen molar-refractivity contribution in [2.24, 2.45) is 0 Å². The van der Waals surface area contributed by atoms with E-state index in [-0.39, 0.29) is 12.7 Å². The van der Waals surface area contributed by atoms with Crippen molar-refractivity contribution in [3.8, 4) is 0 Å². The molecule has 0 aliphatic rings. The van der Waals surface area contributed by atoms with Gasteiger partial charge in [0, 0.05) is 18.8 Å². The predicted octanol–water partition coefficient (Wildman–Crippen LogP) is 3.93. The highest BCUT2D eigenvalue weighted by Crippen LogP contribution is 2.22. The maximum absolute atomic E-state index is 12.3. The molecule has 1 rings (SSSR count). The average Bonchev–Trinajstić information content (AvgIpc) is 2.37. The Balaban J connectivity index is 2.93. The van der Waals surface area contributed by atoms with Gasteiger partial charge in [0.2, 0.25) is 0 Å². The number of hydrogen-bond donors (Lipinski definition) is 1. The molecule has 1 N–H and O–H groups in total. The summed E-state index contributed by atoms with van der Waals surface area (Å²) in [6.45, 7) is 10.3. The van der Waals surface area contributed by atoms with Gasteiger partial charge in [-0.25, -0.2) is 4.79 Å². The molecule has 1 amide bonds. The number of carbonyl (C=O) groups excluding carboxylic acids is 1. The molecule has 1 aromatic rings. The topological polar surface area (TPSA) is 49.8 Å². The van der Waals surface area contributed by atoms with Crippen LogP contribution < -0.4 is 4.90 Å². The number of aliphatic hydroxyl groups is 1. The van der Waals surface area contributed by atoms with Crippen molar-refractivity contribution >= 4 is 11.8 Å². The van der Waals surface area contributed by atoms with Crippen LogP contribution in [0.25, 0.3) is 0 Å². The Hall–Kier alpha value is -1.55. The van der Waals surface area contributed by atoms with E-state index in [4.69, 9.17) is 9.84 Å². The zero-order valence-corrected chi connectivity index (χ0v) is 13.7. The van der Waals surface area contributed by atoms with Gasteiger partial charge in [0.15, 0.2) is 0 Å². The fourth-order valence-corrected chi connectivity index (χ4v) is 1.91. The van der Waals surface area contributed by atoms with Gasteiger partial charge in [-0.15, -0.1) is 0 Å². The molecule has 0 aromatic heterocycles. The number of rotatable bonds is 5. The standard InChI is InChI=1S/C17H27NO3/c1-13(2)14-7-9-15(10-8-14)18(11-6-12-19)16(20)21-17(3,4)5/h7-10,13,19H,6,11-12H2,1-5H3. The van der Waals surface area contributed by atoms with E-state index in [1.807, 2.05) is 45.0 Å². The van der Waals surface area contributed by atoms with Gasteiger partial charge in [-0.1, -0.05) is 26.0 Å². The Labute approximate surface area is 127 Å². The van der Waals surface area contributed by atoms with E-state index in [9.17, 15) is 4.79 Å². The Kier molecular flexibility index (Phi) is 6.21. The van der Waals surface area contributed by atoms with Crippen molar-refractivity contribution < 1.29 is 14.6 Å². The van der Waals surface area contributed by atoms with Gasteiger partial charge in [0.05, 0.1) is 0 Å². The predicted molar refractivity (Wildman–Crippen MR) is 85.8 cm³/mol. The van der Waals surface area contributed by atoms with E-state index < -0.39 is 5.60 Å². The molecule has 0 atom stereocenters. The van der Waals surface area contributed by atoms with Crippen LogP contribution in [0, 0.1) is 0 Å². The minimum atomic E-state index is -0.535. The fourth-order valence-electron chi connectivity index (χ4n) is 1.91. The molecule has 0 spiro atoms. The second kappa shape index (κ2) is 7.46. The molecule has 4 heteroatoms. The summed E-state index contributed by atoms with van der Waals surface area (Å²) in [5.41, 5.74) is 1.49. The zero-order chi connectivity index (χ0) is 16.0. The van der Waals surface area contributed by atoms with Crippen LogP contribution in [-0.2, 0) is 4.74 Å². The van der Waals surface area contributed by atoms with E-state index in [2.05, 4.69) is 13.8 Å². The Bertz CT molecular complexity index is 446. The molecule has 0 unspecified atom stereocenters. The number of carbonyl (C=O) groups is 1. The van der Waals surface area contributed by atoms with Crippen LogP contribution in [0.1, 0.15) is 52.5 Å². The summed E-state index contributed by atoms with van der Waals surface area (Å²) in [5, 5.41) is 9.01. The second-order valence-corrected chi connectivity index (χ2v) is 6.46. The van der Waals surface area contributed by atoms with Crippen LogP contribution in [0.2, 0.25) is 0 Å². The molecule has 0 aliphatic carbocycles. The summed E-state index contributed by atoms with van der Waals surface area (Å²) in [7, 11) is 0. The van der Waals surface area contributed by atoms with Gasteiger partial charge in [-0.3, -0.25) is 4.90 Å². The molecule has 4 nitrogen and oxygen atoms in total. The first kappa shape index (κ1) is 17.5. The van der Waals surface area contributed by atoms with E-state index in [0.29, 0.717) is 18.9 Å². The first-order valence-corrected chi connectivity index (χ1v) is 7.46.